The summed E-state index contributed by atoms with van der Waals surface area (Å²) < 4.78 is 27.2. The monoisotopic (exact) mass is 437 g/mol. The van der Waals surface area contributed by atoms with Gasteiger partial charge in [0, 0.05) is 33.9 Å². The van der Waals surface area contributed by atoms with Crippen LogP contribution in [0.2, 0.25) is 5.02 Å². The van der Waals surface area contributed by atoms with E-state index in [9.17, 15) is 13.6 Å². The van der Waals surface area contributed by atoms with Crippen LogP contribution in [0.3, 0.4) is 0 Å². The molecule has 2 heterocycles. The summed E-state index contributed by atoms with van der Waals surface area (Å²) in [6.45, 7) is 0.440. The number of fused-ring (bicyclic) bond motifs is 3. The van der Waals surface area contributed by atoms with Gasteiger partial charge < -0.3 is 15.2 Å². The number of benzene rings is 3. The number of urea groups is 1. The Kier molecular flexibility index (Phi) is 4.87. The second kappa shape index (κ2) is 7.71. The van der Waals surface area contributed by atoms with Gasteiger partial charge in [-0.3, -0.25) is 0 Å². The van der Waals surface area contributed by atoms with Crippen molar-refractivity contribution in [1.29, 1.82) is 0 Å². The number of amides is 2. The number of aromatic amines is 1. The lowest BCUT2D eigenvalue weighted by Crippen LogP contribution is -2.43. The Bertz CT molecular complexity index is 1290. The van der Waals surface area contributed by atoms with E-state index in [4.69, 9.17) is 11.6 Å². The molecule has 2 N–H and O–H groups in total. The Labute approximate surface area is 182 Å². The average molecular weight is 438 g/mol. The Hall–Kier alpha value is -3.38. The molecule has 0 saturated heterocycles. The standard InChI is InChI=1S/C24H18ClF2N3O/c25-15-6-9-21-20(12-15)19-10-11-30(24(31)28-18-3-1-2-17(27)13-18)23(22(19)29-21)14-4-7-16(26)8-5-14/h1-9,12-13,23,29H,10-11H2,(H,28,31). The third-order valence-corrected chi connectivity index (χ3v) is 5.85. The van der Waals surface area contributed by atoms with Crippen LogP contribution < -0.4 is 5.32 Å². The third kappa shape index (κ3) is 3.64. The maximum Gasteiger partial charge on any atom is 0.322 e. The Morgan fingerprint density at radius 1 is 1.03 bits per heavy atom. The number of anilines is 1. The van der Waals surface area contributed by atoms with E-state index in [-0.39, 0.29) is 11.8 Å². The molecule has 156 valence electrons. The van der Waals surface area contributed by atoms with Crippen LogP contribution in [0.1, 0.15) is 22.9 Å². The fraction of sp³-hybridized carbons (Fsp3) is 0.125. The lowest BCUT2D eigenvalue weighted by atomic mass is 9.92. The van der Waals surface area contributed by atoms with Crippen molar-refractivity contribution in [2.45, 2.75) is 12.5 Å². The summed E-state index contributed by atoms with van der Waals surface area (Å²) >= 11 is 6.21. The van der Waals surface area contributed by atoms with Gasteiger partial charge in [0.25, 0.3) is 0 Å². The molecule has 4 nitrogen and oxygen atoms in total. The van der Waals surface area contributed by atoms with Crippen LogP contribution >= 0.6 is 11.6 Å². The zero-order valence-corrected chi connectivity index (χ0v) is 17.1. The van der Waals surface area contributed by atoms with E-state index in [1.807, 2.05) is 18.2 Å². The Morgan fingerprint density at radius 2 is 1.84 bits per heavy atom. The highest BCUT2D eigenvalue weighted by Gasteiger charge is 2.34. The SMILES string of the molecule is O=C(Nc1cccc(F)c1)N1CCc2c([nH]c3ccc(Cl)cc23)C1c1ccc(F)cc1. The third-order valence-electron chi connectivity index (χ3n) is 5.61. The number of nitrogens with zero attached hydrogens (tertiary/aromatic N) is 1. The van der Waals surface area contributed by atoms with Gasteiger partial charge in [-0.2, -0.15) is 0 Å². The Balaban J connectivity index is 1.59. The van der Waals surface area contributed by atoms with Crippen LogP contribution in [0, 0.1) is 11.6 Å². The molecule has 1 aromatic heterocycles. The molecule has 1 aliphatic rings. The van der Waals surface area contributed by atoms with E-state index in [1.165, 1.54) is 30.3 Å². The first-order valence-corrected chi connectivity index (χ1v) is 10.3. The lowest BCUT2D eigenvalue weighted by Gasteiger charge is -2.36. The fourth-order valence-electron chi connectivity index (χ4n) is 4.23. The number of halogens is 3. The molecule has 4 aromatic rings. The molecule has 7 heteroatoms. The fourth-order valence-corrected chi connectivity index (χ4v) is 4.40. The molecule has 0 saturated carbocycles. The number of hydrogen-bond acceptors (Lipinski definition) is 1. The van der Waals surface area contributed by atoms with Crippen molar-refractivity contribution in [3.05, 3.63) is 100 Å². The minimum absolute atomic E-state index is 0.348. The predicted molar refractivity (Wildman–Crippen MR) is 117 cm³/mol. The van der Waals surface area contributed by atoms with Crippen molar-refractivity contribution in [2.75, 3.05) is 11.9 Å². The van der Waals surface area contributed by atoms with E-state index < -0.39 is 11.9 Å². The first-order valence-electron chi connectivity index (χ1n) is 9.88. The van der Waals surface area contributed by atoms with Gasteiger partial charge in [-0.1, -0.05) is 29.8 Å². The summed E-state index contributed by atoms with van der Waals surface area (Å²) in [5, 5.41) is 4.43. The van der Waals surface area contributed by atoms with E-state index in [0.29, 0.717) is 23.7 Å². The minimum Gasteiger partial charge on any atom is -0.356 e. The smallest absolute Gasteiger partial charge is 0.322 e. The molecule has 31 heavy (non-hydrogen) atoms. The number of aromatic nitrogens is 1. The number of H-pyrrole nitrogens is 1. The topological polar surface area (TPSA) is 48.1 Å². The van der Waals surface area contributed by atoms with Gasteiger partial charge in [0.15, 0.2) is 0 Å². The molecule has 2 amide bonds. The van der Waals surface area contributed by atoms with E-state index in [1.54, 1.807) is 23.1 Å². The molecule has 5 rings (SSSR count). The van der Waals surface area contributed by atoms with Gasteiger partial charge in [0.1, 0.15) is 11.6 Å². The molecule has 0 spiro atoms. The quantitative estimate of drug-likeness (QED) is 0.381. The van der Waals surface area contributed by atoms with Gasteiger partial charge in [-0.15, -0.1) is 0 Å². The van der Waals surface area contributed by atoms with Gasteiger partial charge >= 0.3 is 6.03 Å². The zero-order valence-electron chi connectivity index (χ0n) is 16.3. The number of rotatable bonds is 2. The molecule has 0 radical (unpaired) electrons. The van der Waals surface area contributed by atoms with Crippen LogP contribution in [0.4, 0.5) is 19.3 Å². The van der Waals surface area contributed by atoms with Crippen LogP contribution in [0.25, 0.3) is 10.9 Å². The normalized spacial score (nSPS) is 15.7. The average Bonchev–Trinajstić information content (AvgIpc) is 3.11. The van der Waals surface area contributed by atoms with Crippen LogP contribution in [0.5, 0.6) is 0 Å². The molecule has 1 atom stereocenters. The first kappa shape index (κ1) is 19.6. The summed E-state index contributed by atoms with van der Waals surface area (Å²) in [6.07, 6.45) is 0.629. The maximum absolute atomic E-state index is 13.6. The summed E-state index contributed by atoms with van der Waals surface area (Å²) in [5.41, 5.74) is 4.02. The van der Waals surface area contributed by atoms with Crippen LogP contribution in [-0.4, -0.2) is 22.5 Å². The second-order valence-electron chi connectivity index (χ2n) is 7.55. The number of carbonyl (C=O) groups excluding carboxylic acids is 1. The van der Waals surface area contributed by atoms with Crippen molar-refractivity contribution in [2.24, 2.45) is 0 Å². The van der Waals surface area contributed by atoms with E-state index >= 15 is 0 Å². The molecule has 1 unspecified atom stereocenters. The number of nitrogens with one attached hydrogen (secondary N) is 2. The molecule has 0 aliphatic carbocycles. The molecule has 3 aromatic carbocycles. The zero-order chi connectivity index (χ0) is 21.5. The molecule has 0 fully saturated rings. The van der Waals surface area contributed by atoms with Crippen molar-refractivity contribution in [3.63, 3.8) is 0 Å². The summed E-state index contributed by atoms with van der Waals surface area (Å²) in [6, 6.07) is 16.7. The highest BCUT2D eigenvalue weighted by Crippen LogP contribution is 2.39. The molecular weight excluding hydrogens is 420 g/mol. The molecular formula is C24H18ClF2N3O. The summed E-state index contributed by atoms with van der Waals surface area (Å²) in [7, 11) is 0. The van der Waals surface area contributed by atoms with Gasteiger partial charge in [-0.05, 0) is 66.1 Å². The largest absolute Gasteiger partial charge is 0.356 e. The number of hydrogen-bond donors (Lipinski definition) is 2. The van der Waals surface area contributed by atoms with Gasteiger partial charge in [0.05, 0.1) is 6.04 Å². The van der Waals surface area contributed by atoms with Gasteiger partial charge in [0.2, 0.25) is 0 Å². The second-order valence-corrected chi connectivity index (χ2v) is 7.98. The minimum atomic E-state index is -0.455. The molecule has 1 aliphatic heterocycles. The summed E-state index contributed by atoms with van der Waals surface area (Å²) in [4.78, 5) is 18.3. The lowest BCUT2D eigenvalue weighted by molar-refractivity contribution is 0.193. The van der Waals surface area contributed by atoms with Crippen molar-refractivity contribution >= 4 is 34.2 Å². The highest BCUT2D eigenvalue weighted by molar-refractivity contribution is 6.31. The molecule has 0 bridgehead atoms. The van der Waals surface area contributed by atoms with Crippen LogP contribution in [-0.2, 0) is 6.42 Å². The van der Waals surface area contributed by atoms with Crippen LogP contribution in [0.15, 0.2) is 66.7 Å². The van der Waals surface area contributed by atoms with Crippen molar-refractivity contribution < 1.29 is 13.6 Å². The van der Waals surface area contributed by atoms with E-state index in [0.717, 1.165) is 27.7 Å². The van der Waals surface area contributed by atoms with Gasteiger partial charge in [-0.25, -0.2) is 13.6 Å². The summed E-state index contributed by atoms with van der Waals surface area (Å²) in [5.74, 6) is -0.778. The maximum atomic E-state index is 13.6. The van der Waals surface area contributed by atoms with Crippen molar-refractivity contribution in [1.82, 2.24) is 9.88 Å². The van der Waals surface area contributed by atoms with E-state index in [2.05, 4.69) is 10.3 Å². The predicted octanol–water partition coefficient (Wildman–Crippen LogP) is 6.28. The number of carbonyl (C=O) groups is 1. The van der Waals surface area contributed by atoms with Crippen molar-refractivity contribution in [3.8, 4) is 0 Å². The first-order chi connectivity index (χ1) is 15.0. The highest BCUT2D eigenvalue weighted by atomic mass is 35.5. The Morgan fingerprint density at radius 3 is 2.61 bits per heavy atom.